The van der Waals surface area contributed by atoms with Crippen molar-refractivity contribution in [2.75, 3.05) is 0 Å². The lowest BCUT2D eigenvalue weighted by Gasteiger charge is -2.16. The Morgan fingerprint density at radius 2 is 1.94 bits per heavy atom. The Labute approximate surface area is 106 Å². The van der Waals surface area contributed by atoms with Crippen LogP contribution in [0.4, 0.5) is 0 Å². The zero-order chi connectivity index (χ0) is 13.3. The highest BCUT2D eigenvalue weighted by Crippen LogP contribution is 2.07. The summed E-state index contributed by atoms with van der Waals surface area (Å²) in [7, 11) is 0. The first-order valence-electron chi connectivity index (χ1n) is 6.76. The summed E-state index contributed by atoms with van der Waals surface area (Å²) in [6, 6.07) is -0.392. The molecule has 100 valence electrons. The number of carbonyl (C=O) groups is 1. The van der Waals surface area contributed by atoms with Gasteiger partial charge in [0.05, 0.1) is 6.04 Å². The summed E-state index contributed by atoms with van der Waals surface area (Å²) in [5, 5.41) is 2.96. The Balaban J connectivity index is 4.29. The monoisotopic (exact) mass is 240 g/mol. The van der Waals surface area contributed by atoms with Crippen molar-refractivity contribution < 1.29 is 4.79 Å². The van der Waals surface area contributed by atoms with Gasteiger partial charge >= 0.3 is 0 Å². The number of rotatable bonds is 8. The molecular weight excluding hydrogens is 212 g/mol. The summed E-state index contributed by atoms with van der Waals surface area (Å²) in [5.74, 6) is 0.402. The summed E-state index contributed by atoms with van der Waals surface area (Å²) in [5.41, 5.74) is 6.88. The van der Waals surface area contributed by atoms with Gasteiger partial charge in [-0.1, -0.05) is 46.6 Å². The van der Waals surface area contributed by atoms with Crippen molar-refractivity contribution in [1.29, 1.82) is 0 Å². The number of nitrogens with two attached hydrogens (primary N) is 1. The molecule has 0 aliphatic carbocycles. The average Bonchev–Trinajstić information content (AvgIpc) is 2.25. The lowest BCUT2D eigenvalue weighted by Crippen LogP contribution is -2.40. The van der Waals surface area contributed by atoms with Crippen LogP contribution < -0.4 is 11.1 Å². The molecule has 0 saturated carbocycles. The minimum Gasteiger partial charge on any atom is -0.329 e. The van der Waals surface area contributed by atoms with Crippen molar-refractivity contribution in [3.63, 3.8) is 0 Å². The predicted molar refractivity (Wildman–Crippen MR) is 73.5 cm³/mol. The molecule has 17 heavy (non-hydrogen) atoms. The van der Waals surface area contributed by atoms with Crippen LogP contribution in [0.5, 0.6) is 0 Å². The fraction of sp³-hybridized carbons (Fsp3) is 0.786. The van der Waals surface area contributed by atoms with E-state index in [9.17, 15) is 4.79 Å². The molecule has 0 radical (unpaired) electrons. The summed E-state index contributed by atoms with van der Waals surface area (Å²) in [6.45, 7) is 8.40. The molecule has 1 amide bonds. The van der Waals surface area contributed by atoms with Gasteiger partial charge in [0.2, 0.25) is 5.91 Å². The first-order chi connectivity index (χ1) is 8.01. The minimum atomic E-state index is -0.392. The van der Waals surface area contributed by atoms with Crippen LogP contribution in [-0.2, 0) is 4.79 Å². The van der Waals surface area contributed by atoms with E-state index in [1.807, 2.05) is 0 Å². The molecule has 0 unspecified atom stereocenters. The second-order valence-electron chi connectivity index (χ2n) is 4.99. The largest absolute Gasteiger partial charge is 0.329 e. The SMILES string of the molecule is CCC/C=C(\CCC)NC(=O)[C@@H](N)CC(C)C. The third-order valence-corrected chi connectivity index (χ3v) is 2.54. The van der Waals surface area contributed by atoms with Crippen LogP contribution in [0.25, 0.3) is 0 Å². The van der Waals surface area contributed by atoms with E-state index < -0.39 is 6.04 Å². The smallest absolute Gasteiger partial charge is 0.241 e. The molecule has 0 aliphatic heterocycles. The van der Waals surface area contributed by atoms with E-state index in [4.69, 9.17) is 5.73 Å². The van der Waals surface area contributed by atoms with Gasteiger partial charge in [-0.3, -0.25) is 4.79 Å². The van der Waals surface area contributed by atoms with E-state index >= 15 is 0 Å². The first-order valence-corrected chi connectivity index (χ1v) is 6.76. The third kappa shape index (κ3) is 7.97. The van der Waals surface area contributed by atoms with Gasteiger partial charge in [0.25, 0.3) is 0 Å². The van der Waals surface area contributed by atoms with E-state index in [-0.39, 0.29) is 5.91 Å². The van der Waals surface area contributed by atoms with Crippen LogP contribution in [-0.4, -0.2) is 11.9 Å². The Kier molecular flexibility index (Phi) is 8.78. The maximum atomic E-state index is 11.8. The highest BCUT2D eigenvalue weighted by molar-refractivity contribution is 5.83. The van der Waals surface area contributed by atoms with Gasteiger partial charge in [-0.25, -0.2) is 0 Å². The molecule has 0 rings (SSSR count). The molecule has 0 bridgehead atoms. The molecule has 0 heterocycles. The number of hydrogen-bond donors (Lipinski definition) is 2. The van der Waals surface area contributed by atoms with Crippen molar-refractivity contribution in [2.24, 2.45) is 11.7 Å². The molecule has 3 N–H and O–H groups in total. The normalized spacial score (nSPS) is 13.9. The highest BCUT2D eigenvalue weighted by Gasteiger charge is 2.15. The molecule has 0 aliphatic rings. The Morgan fingerprint density at radius 1 is 1.29 bits per heavy atom. The van der Waals surface area contributed by atoms with Crippen LogP contribution in [0.3, 0.4) is 0 Å². The fourth-order valence-electron chi connectivity index (χ4n) is 1.67. The van der Waals surface area contributed by atoms with Crippen LogP contribution in [0, 0.1) is 5.92 Å². The van der Waals surface area contributed by atoms with Gasteiger partial charge in [0.1, 0.15) is 0 Å². The quantitative estimate of drug-likeness (QED) is 0.685. The zero-order valence-corrected chi connectivity index (χ0v) is 11.8. The Bertz CT molecular complexity index is 247. The molecule has 3 heteroatoms. The predicted octanol–water partition coefficient (Wildman–Crippen LogP) is 2.96. The summed E-state index contributed by atoms with van der Waals surface area (Å²) >= 11 is 0. The van der Waals surface area contributed by atoms with Gasteiger partial charge in [-0.15, -0.1) is 0 Å². The zero-order valence-electron chi connectivity index (χ0n) is 11.8. The number of carbonyl (C=O) groups excluding carboxylic acids is 1. The standard InChI is InChI=1S/C14H28N2O/c1-5-7-9-12(8-6-2)16-14(17)13(15)10-11(3)4/h9,11,13H,5-8,10,15H2,1-4H3,(H,16,17)/b12-9+/t13-/m0/s1. The van der Waals surface area contributed by atoms with Crippen molar-refractivity contribution >= 4 is 5.91 Å². The fourth-order valence-corrected chi connectivity index (χ4v) is 1.67. The average molecular weight is 240 g/mol. The molecule has 3 nitrogen and oxygen atoms in total. The van der Waals surface area contributed by atoms with E-state index in [2.05, 4.69) is 39.1 Å². The molecule has 1 atom stereocenters. The first kappa shape index (κ1) is 16.2. The molecular formula is C14H28N2O. The number of hydrogen-bond acceptors (Lipinski definition) is 2. The van der Waals surface area contributed by atoms with Crippen LogP contribution in [0.1, 0.15) is 59.8 Å². The van der Waals surface area contributed by atoms with E-state index in [0.29, 0.717) is 5.92 Å². The maximum absolute atomic E-state index is 11.8. The van der Waals surface area contributed by atoms with Gasteiger partial charge in [0.15, 0.2) is 0 Å². The number of amides is 1. The maximum Gasteiger partial charge on any atom is 0.241 e. The summed E-state index contributed by atoms with van der Waals surface area (Å²) in [4.78, 5) is 11.8. The molecule has 0 aromatic rings. The van der Waals surface area contributed by atoms with Crippen molar-refractivity contribution in [3.05, 3.63) is 11.8 Å². The second kappa shape index (κ2) is 9.23. The summed E-state index contributed by atoms with van der Waals surface area (Å²) in [6.07, 6.45) is 6.91. The molecule has 0 saturated heterocycles. The van der Waals surface area contributed by atoms with E-state index in [1.54, 1.807) is 0 Å². The summed E-state index contributed by atoms with van der Waals surface area (Å²) < 4.78 is 0. The number of nitrogens with one attached hydrogen (secondary N) is 1. The van der Waals surface area contributed by atoms with Crippen molar-refractivity contribution in [2.45, 2.75) is 65.8 Å². The van der Waals surface area contributed by atoms with Crippen molar-refractivity contribution in [1.82, 2.24) is 5.32 Å². The minimum absolute atomic E-state index is 0.0468. The molecule has 0 aromatic carbocycles. The van der Waals surface area contributed by atoms with E-state index in [1.165, 1.54) is 0 Å². The number of allylic oxidation sites excluding steroid dienone is 2. The Hall–Kier alpha value is -0.830. The van der Waals surface area contributed by atoms with Crippen molar-refractivity contribution in [3.8, 4) is 0 Å². The van der Waals surface area contributed by atoms with Crippen LogP contribution in [0.15, 0.2) is 11.8 Å². The van der Waals surface area contributed by atoms with Gasteiger partial charge in [-0.2, -0.15) is 0 Å². The topological polar surface area (TPSA) is 55.1 Å². The molecule has 0 aromatic heterocycles. The number of unbranched alkanes of at least 4 members (excludes halogenated alkanes) is 1. The third-order valence-electron chi connectivity index (χ3n) is 2.54. The van der Waals surface area contributed by atoms with Crippen LogP contribution in [0.2, 0.25) is 0 Å². The van der Waals surface area contributed by atoms with Crippen LogP contribution >= 0.6 is 0 Å². The Morgan fingerprint density at radius 3 is 2.41 bits per heavy atom. The second-order valence-corrected chi connectivity index (χ2v) is 4.99. The van der Waals surface area contributed by atoms with Gasteiger partial charge in [0, 0.05) is 5.70 Å². The lowest BCUT2D eigenvalue weighted by atomic mass is 10.0. The van der Waals surface area contributed by atoms with Gasteiger partial charge in [-0.05, 0) is 25.2 Å². The van der Waals surface area contributed by atoms with E-state index in [0.717, 1.165) is 37.8 Å². The highest BCUT2D eigenvalue weighted by atomic mass is 16.2. The lowest BCUT2D eigenvalue weighted by molar-refractivity contribution is -0.122. The van der Waals surface area contributed by atoms with Gasteiger partial charge < -0.3 is 11.1 Å². The molecule has 0 spiro atoms. The molecule has 0 fully saturated rings.